The molecule has 0 unspecified atom stereocenters. The van der Waals surface area contributed by atoms with E-state index in [0.29, 0.717) is 0 Å². The summed E-state index contributed by atoms with van der Waals surface area (Å²) in [7, 11) is 1.68. The number of benzene rings is 1. The molecule has 1 aromatic heterocycles. The van der Waals surface area contributed by atoms with Crippen molar-refractivity contribution in [3.8, 4) is 5.75 Å². The molecule has 0 amide bonds. The fourth-order valence-corrected chi connectivity index (χ4v) is 2.00. The van der Waals surface area contributed by atoms with Crippen molar-refractivity contribution in [2.75, 3.05) is 7.11 Å². The highest BCUT2D eigenvalue weighted by atomic mass is 32.1. The zero-order chi connectivity index (χ0) is 11.2. The summed E-state index contributed by atoms with van der Waals surface area (Å²) in [4.78, 5) is 4.21. The molecule has 4 heteroatoms. The first-order valence-corrected chi connectivity index (χ1v) is 6.03. The van der Waals surface area contributed by atoms with Gasteiger partial charge in [0.15, 0.2) is 0 Å². The topological polar surface area (TPSA) is 34.1 Å². The molecule has 1 heterocycles. The van der Waals surface area contributed by atoms with Crippen LogP contribution in [0.15, 0.2) is 35.2 Å². The molecule has 0 aliphatic carbocycles. The third-order valence-corrected chi connectivity index (χ3v) is 2.89. The van der Waals surface area contributed by atoms with Gasteiger partial charge in [-0.1, -0.05) is 12.1 Å². The van der Waals surface area contributed by atoms with E-state index >= 15 is 0 Å². The average Bonchev–Trinajstić information content (AvgIpc) is 2.82. The van der Waals surface area contributed by atoms with E-state index in [-0.39, 0.29) is 0 Å². The maximum absolute atomic E-state index is 5.17. The molecule has 0 aliphatic rings. The summed E-state index contributed by atoms with van der Waals surface area (Å²) in [6.45, 7) is 1.63. The second-order valence-electron chi connectivity index (χ2n) is 3.43. The highest BCUT2D eigenvalue weighted by molar-refractivity contribution is 7.07. The van der Waals surface area contributed by atoms with Crippen LogP contribution in [-0.2, 0) is 13.1 Å². The van der Waals surface area contributed by atoms with Gasteiger partial charge in [-0.05, 0) is 17.7 Å². The van der Waals surface area contributed by atoms with Crippen molar-refractivity contribution in [3.63, 3.8) is 0 Å². The molecule has 2 aromatic rings. The van der Waals surface area contributed by atoms with Gasteiger partial charge in [-0.3, -0.25) is 0 Å². The summed E-state index contributed by atoms with van der Waals surface area (Å²) >= 11 is 1.62. The highest BCUT2D eigenvalue weighted by Gasteiger charge is 1.97. The summed E-state index contributed by atoms with van der Waals surface area (Å²) < 4.78 is 5.17. The average molecular weight is 234 g/mol. The van der Waals surface area contributed by atoms with Gasteiger partial charge in [-0.25, -0.2) is 4.98 Å². The zero-order valence-corrected chi connectivity index (χ0v) is 9.96. The van der Waals surface area contributed by atoms with Crippen LogP contribution in [0.4, 0.5) is 0 Å². The molecule has 0 radical (unpaired) electrons. The number of ether oxygens (including phenoxy) is 1. The van der Waals surface area contributed by atoms with Gasteiger partial charge in [-0.15, -0.1) is 11.3 Å². The molecule has 0 spiro atoms. The van der Waals surface area contributed by atoms with Crippen molar-refractivity contribution in [2.24, 2.45) is 0 Å². The first-order chi connectivity index (χ1) is 7.88. The molecule has 0 saturated heterocycles. The molecule has 0 saturated carbocycles. The van der Waals surface area contributed by atoms with Crippen molar-refractivity contribution < 1.29 is 4.74 Å². The summed E-state index contributed by atoms with van der Waals surface area (Å²) in [5.74, 6) is 0.896. The standard InChI is InChI=1S/C12H14N2OS/c1-15-12-4-2-3-10(5-12)6-13-7-11-8-16-9-14-11/h2-5,8-9,13H,6-7H2,1H3. The fraction of sp³-hybridized carbons (Fsp3) is 0.250. The highest BCUT2D eigenvalue weighted by Crippen LogP contribution is 2.12. The van der Waals surface area contributed by atoms with Crippen molar-refractivity contribution in [2.45, 2.75) is 13.1 Å². The molecule has 0 bridgehead atoms. The predicted octanol–water partition coefficient (Wildman–Crippen LogP) is 2.44. The summed E-state index contributed by atoms with van der Waals surface area (Å²) in [5.41, 5.74) is 4.16. The maximum Gasteiger partial charge on any atom is 0.119 e. The molecular weight excluding hydrogens is 220 g/mol. The molecule has 0 fully saturated rings. The van der Waals surface area contributed by atoms with E-state index in [2.05, 4.69) is 21.7 Å². The van der Waals surface area contributed by atoms with Crippen LogP contribution in [0.2, 0.25) is 0 Å². The largest absolute Gasteiger partial charge is 0.497 e. The van der Waals surface area contributed by atoms with E-state index in [0.717, 1.165) is 24.5 Å². The van der Waals surface area contributed by atoms with Crippen molar-refractivity contribution in [1.82, 2.24) is 10.3 Å². The minimum Gasteiger partial charge on any atom is -0.497 e. The first kappa shape index (κ1) is 11.1. The second kappa shape index (κ2) is 5.63. The van der Waals surface area contributed by atoms with Crippen LogP contribution < -0.4 is 10.1 Å². The quantitative estimate of drug-likeness (QED) is 0.862. The summed E-state index contributed by atoms with van der Waals surface area (Å²) in [5, 5.41) is 5.40. The van der Waals surface area contributed by atoms with Crippen LogP contribution in [0.25, 0.3) is 0 Å². The van der Waals surface area contributed by atoms with Gasteiger partial charge < -0.3 is 10.1 Å². The van der Waals surface area contributed by atoms with Crippen LogP contribution in [0.1, 0.15) is 11.3 Å². The van der Waals surface area contributed by atoms with Crippen molar-refractivity contribution >= 4 is 11.3 Å². The monoisotopic (exact) mass is 234 g/mol. The van der Waals surface area contributed by atoms with Crippen LogP contribution in [0.5, 0.6) is 5.75 Å². The molecule has 0 atom stereocenters. The molecule has 84 valence electrons. The minimum absolute atomic E-state index is 0.806. The Balaban J connectivity index is 1.85. The van der Waals surface area contributed by atoms with Gasteiger partial charge >= 0.3 is 0 Å². The molecule has 3 nitrogen and oxygen atoms in total. The van der Waals surface area contributed by atoms with Gasteiger partial charge in [0.2, 0.25) is 0 Å². The Bertz CT molecular complexity index is 428. The Morgan fingerprint density at radius 2 is 2.31 bits per heavy atom. The molecule has 1 N–H and O–H groups in total. The lowest BCUT2D eigenvalue weighted by atomic mass is 10.2. The van der Waals surface area contributed by atoms with Crippen molar-refractivity contribution in [3.05, 3.63) is 46.4 Å². The molecule has 16 heavy (non-hydrogen) atoms. The van der Waals surface area contributed by atoms with Gasteiger partial charge in [0.05, 0.1) is 18.3 Å². The Hall–Kier alpha value is -1.39. The Kier molecular flexibility index (Phi) is 3.91. The summed E-state index contributed by atoms with van der Waals surface area (Å²) in [6.07, 6.45) is 0. The Morgan fingerprint density at radius 1 is 1.38 bits per heavy atom. The van der Waals surface area contributed by atoms with E-state index in [1.807, 2.05) is 23.7 Å². The number of nitrogens with one attached hydrogen (secondary N) is 1. The number of hydrogen-bond donors (Lipinski definition) is 1. The lowest BCUT2D eigenvalue weighted by molar-refractivity contribution is 0.414. The van der Waals surface area contributed by atoms with Gasteiger partial charge in [0.25, 0.3) is 0 Å². The third kappa shape index (κ3) is 3.05. The van der Waals surface area contributed by atoms with E-state index in [4.69, 9.17) is 4.74 Å². The second-order valence-corrected chi connectivity index (χ2v) is 4.15. The van der Waals surface area contributed by atoms with Gasteiger partial charge in [0, 0.05) is 18.5 Å². The van der Waals surface area contributed by atoms with Crippen LogP contribution in [-0.4, -0.2) is 12.1 Å². The SMILES string of the molecule is COc1cccc(CNCc2cscn2)c1. The zero-order valence-electron chi connectivity index (χ0n) is 9.14. The Morgan fingerprint density at radius 3 is 3.06 bits per heavy atom. The fourth-order valence-electron chi connectivity index (χ4n) is 1.44. The van der Waals surface area contributed by atoms with E-state index < -0.39 is 0 Å². The van der Waals surface area contributed by atoms with Crippen LogP contribution in [0, 0.1) is 0 Å². The minimum atomic E-state index is 0.806. The smallest absolute Gasteiger partial charge is 0.119 e. The van der Waals surface area contributed by atoms with Gasteiger partial charge in [-0.2, -0.15) is 0 Å². The van der Waals surface area contributed by atoms with Crippen LogP contribution >= 0.6 is 11.3 Å². The number of hydrogen-bond acceptors (Lipinski definition) is 4. The Labute approximate surface area is 99.1 Å². The number of methoxy groups -OCH3 is 1. The normalized spacial score (nSPS) is 10.3. The van der Waals surface area contributed by atoms with Gasteiger partial charge in [0.1, 0.15) is 5.75 Å². The number of thiazole rings is 1. The number of nitrogens with zero attached hydrogens (tertiary/aromatic N) is 1. The van der Waals surface area contributed by atoms with Crippen LogP contribution in [0.3, 0.4) is 0 Å². The lowest BCUT2D eigenvalue weighted by Gasteiger charge is -2.05. The molecular formula is C12H14N2OS. The van der Waals surface area contributed by atoms with E-state index in [9.17, 15) is 0 Å². The third-order valence-electron chi connectivity index (χ3n) is 2.25. The molecule has 2 rings (SSSR count). The predicted molar refractivity (Wildman–Crippen MR) is 65.7 cm³/mol. The van der Waals surface area contributed by atoms with Crippen molar-refractivity contribution in [1.29, 1.82) is 0 Å². The lowest BCUT2D eigenvalue weighted by Crippen LogP contribution is -2.12. The number of rotatable bonds is 5. The maximum atomic E-state index is 5.17. The van der Waals surface area contributed by atoms with E-state index in [1.165, 1.54) is 5.56 Å². The first-order valence-electron chi connectivity index (χ1n) is 5.09. The molecule has 1 aromatic carbocycles. The molecule has 0 aliphatic heterocycles. The van der Waals surface area contributed by atoms with E-state index in [1.54, 1.807) is 18.4 Å². The number of aromatic nitrogens is 1. The summed E-state index contributed by atoms with van der Waals surface area (Å²) in [6, 6.07) is 8.06.